The second-order valence-electron chi connectivity index (χ2n) is 6.99. The summed E-state index contributed by atoms with van der Waals surface area (Å²) >= 11 is 0. The molecule has 1 fully saturated rings. The van der Waals surface area contributed by atoms with Gasteiger partial charge in [0.2, 0.25) is 0 Å². The highest BCUT2D eigenvalue weighted by Gasteiger charge is 2.41. The van der Waals surface area contributed by atoms with Crippen LogP contribution in [0.25, 0.3) is 0 Å². The van der Waals surface area contributed by atoms with E-state index in [1.807, 2.05) is 0 Å². The maximum atomic E-state index is 12.8. The summed E-state index contributed by atoms with van der Waals surface area (Å²) in [7, 11) is 6.39. The number of nitrogens with one attached hydrogen (secondary N) is 2. The van der Waals surface area contributed by atoms with Gasteiger partial charge in [0.25, 0.3) is 0 Å². The fourth-order valence-electron chi connectivity index (χ4n) is 3.58. The lowest BCUT2D eigenvalue weighted by atomic mass is 9.85. The molecule has 0 heterocycles. The van der Waals surface area contributed by atoms with E-state index in [-0.39, 0.29) is 42.9 Å². The van der Waals surface area contributed by atoms with Gasteiger partial charge in [-0.3, -0.25) is 4.99 Å². The quantitative estimate of drug-likeness (QED) is 0.306. The predicted molar refractivity (Wildman–Crippen MR) is 122 cm³/mol. The highest BCUT2D eigenvalue weighted by Crippen LogP contribution is 2.37. The Labute approximate surface area is 193 Å². The van der Waals surface area contributed by atoms with Crippen LogP contribution in [-0.4, -0.2) is 53.1 Å². The number of alkyl halides is 3. The second-order valence-corrected chi connectivity index (χ2v) is 6.99. The van der Waals surface area contributed by atoms with E-state index >= 15 is 0 Å². The van der Waals surface area contributed by atoms with Crippen LogP contribution < -0.4 is 24.8 Å². The van der Waals surface area contributed by atoms with Gasteiger partial charge < -0.3 is 24.8 Å². The first-order chi connectivity index (χ1) is 13.8. The molecule has 172 valence electrons. The van der Waals surface area contributed by atoms with Gasteiger partial charge >= 0.3 is 6.18 Å². The van der Waals surface area contributed by atoms with Crippen LogP contribution in [0.3, 0.4) is 0 Å². The van der Waals surface area contributed by atoms with Crippen LogP contribution in [-0.2, 0) is 6.42 Å². The Morgan fingerprint density at radius 2 is 1.60 bits per heavy atom. The predicted octanol–water partition coefficient (Wildman–Crippen LogP) is 4.16. The minimum absolute atomic E-state index is 0. The molecule has 0 atom stereocenters. The molecule has 1 aliphatic rings. The van der Waals surface area contributed by atoms with Crippen LogP contribution in [0.5, 0.6) is 17.2 Å². The van der Waals surface area contributed by atoms with Gasteiger partial charge in [-0.2, -0.15) is 13.2 Å². The molecular formula is C20H31F3IN3O3. The third-order valence-electron chi connectivity index (χ3n) is 5.24. The number of halogens is 4. The Hall–Kier alpha value is -1.59. The minimum Gasteiger partial charge on any atom is -0.496 e. The molecule has 1 aromatic carbocycles. The molecule has 0 bridgehead atoms. The van der Waals surface area contributed by atoms with E-state index in [0.717, 1.165) is 5.56 Å². The van der Waals surface area contributed by atoms with E-state index < -0.39 is 12.1 Å². The summed E-state index contributed by atoms with van der Waals surface area (Å²) in [6, 6.07) is 3.58. The maximum absolute atomic E-state index is 12.8. The highest BCUT2D eigenvalue weighted by molar-refractivity contribution is 14.0. The number of hydrogen-bond donors (Lipinski definition) is 2. The fraction of sp³-hybridized carbons (Fsp3) is 0.650. The van der Waals surface area contributed by atoms with Crippen molar-refractivity contribution < 1.29 is 27.4 Å². The summed E-state index contributed by atoms with van der Waals surface area (Å²) < 4.78 is 54.6. The standard InChI is InChI=1S/C20H30F3N3O3.HI/c1-24-19(26-14-7-5-13(6-8-14)20(21,22)23)25-10-9-16-17(28-3)11-15(27-2)12-18(16)29-4;/h11-14H,5-10H2,1-4H3,(H2,24,25,26);1H. The molecule has 1 aliphatic carbocycles. The Balaban J connectivity index is 0.00000450. The largest absolute Gasteiger partial charge is 0.496 e. The molecule has 2 N–H and O–H groups in total. The van der Waals surface area contributed by atoms with Gasteiger partial charge in [-0.05, 0) is 32.1 Å². The molecule has 30 heavy (non-hydrogen) atoms. The van der Waals surface area contributed by atoms with E-state index in [1.165, 1.54) is 0 Å². The number of rotatable bonds is 7. The van der Waals surface area contributed by atoms with Crippen LogP contribution in [0.1, 0.15) is 31.2 Å². The summed E-state index contributed by atoms with van der Waals surface area (Å²) in [6.45, 7) is 0.552. The summed E-state index contributed by atoms with van der Waals surface area (Å²) in [5.74, 6) is 1.35. The Morgan fingerprint density at radius 1 is 1.03 bits per heavy atom. The first kappa shape index (κ1) is 26.4. The molecule has 0 aliphatic heterocycles. The molecule has 10 heteroatoms. The summed E-state index contributed by atoms with van der Waals surface area (Å²) in [4.78, 5) is 4.18. The molecule has 0 radical (unpaired) electrons. The molecule has 0 aromatic heterocycles. The third-order valence-corrected chi connectivity index (χ3v) is 5.24. The Morgan fingerprint density at radius 3 is 2.03 bits per heavy atom. The van der Waals surface area contributed by atoms with Crippen molar-refractivity contribution in [3.8, 4) is 17.2 Å². The molecule has 0 amide bonds. The van der Waals surface area contributed by atoms with Gasteiger partial charge in [-0.15, -0.1) is 24.0 Å². The lowest BCUT2D eigenvalue weighted by molar-refractivity contribution is -0.182. The molecule has 0 saturated heterocycles. The number of methoxy groups -OCH3 is 3. The second kappa shape index (κ2) is 12.3. The number of ether oxygens (including phenoxy) is 3. The molecule has 1 saturated carbocycles. The summed E-state index contributed by atoms with van der Waals surface area (Å²) in [6.07, 6.45) is -2.23. The van der Waals surface area contributed by atoms with Gasteiger partial charge in [0.05, 0.1) is 27.2 Å². The first-order valence-electron chi connectivity index (χ1n) is 9.65. The zero-order valence-corrected chi connectivity index (χ0v) is 20.1. The van der Waals surface area contributed by atoms with Crippen molar-refractivity contribution >= 4 is 29.9 Å². The number of nitrogens with zero attached hydrogens (tertiary/aromatic N) is 1. The molecular weight excluding hydrogens is 514 g/mol. The molecule has 6 nitrogen and oxygen atoms in total. The highest BCUT2D eigenvalue weighted by atomic mass is 127. The number of hydrogen-bond acceptors (Lipinski definition) is 4. The maximum Gasteiger partial charge on any atom is 0.391 e. The van der Waals surface area contributed by atoms with Gasteiger partial charge in [0.15, 0.2) is 5.96 Å². The molecule has 0 unspecified atom stereocenters. The first-order valence-corrected chi connectivity index (χ1v) is 9.65. The average molecular weight is 545 g/mol. The topological polar surface area (TPSA) is 64.1 Å². The van der Waals surface area contributed by atoms with E-state index in [1.54, 1.807) is 40.5 Å². The van der Waals surface area contributed by atoms with E-state index in [0.29, 0.717) is 49.0 Å². The van der Waals surface area contributed by atoms with E-state index in [4.69, 9.17) is 14.2 Å². The van der Waals surface area contributed by atoms with Crippen molar-refractivity contribution in [2.24, 2.45) is 10.9 Å². The van der Waals surface area contributed by atoms with Crippen LogP contribution in [0.15, 0.2) is 17.1 Å². The van der Waals surface area contributed by atoms with Gasteiger partial charge in [-0.1, -0.05) is 0 Å². The Bertz CT molecular complexity index is 669. The fourth-order valence-corrected chi connectivity index (χ4v) is 3.58. The van der Waals surface area contributed by atoms with Crippen molar-refractivity contribution in [2.45, 2.75) is 44.3 Å². The molecule has 2 rings (SSSR count). The molecule has 0 spiro atoms. The van der Waals surface area contributed by atoms with Crippen molar-refractivity contribution in [1.82, 2.24) is 10.6 Å². The Kier molecular flexibility index (Phi) is 10.9. The van der Waals surface area contributed by atoms with Gasteiger partial charge in [-0.25, -0.2) is 0 Å². The SMILES string of the molecule is CN=C(NCCc1c(OC)cc(OC)cc1OC)NC1CCC(C(F)(F)F)CC1.I. The van der Waals surface area contributed by atoms with Crippen LogP contribution >= 0.6 is 24.0 Å². The lowest BCUT2D eigenvalue weighted by Crippen LogP contribution is -2.46. The summed E-state index contributed by atoms with van der Waals surface area (Å²) in [5.41, 5.74) is 0.893. The zero-order valence-electron chi connectivity index (χ0n) is 17.8. The van der Waals surface area contributed by atoms with Crippen LogP contribution in [0, 0.1) is 5.92 Å². The molecule has 1 aromatic rings. The lowest BCUT2D eigenvalue weighted by Gasteiger charge is -2.31. The minimum atomic E-state index is -4.10. The third kappa shape index (κ3) is 7.28. The smallest absolute Gasteiger partial charge is 0.391 e. The monoisotopic (exact) mass is 545 g/mol. The number of guanidine groups is 1. The van der Waals surface area contributed by atoms with Crippen molar-refractivity contribution in [3.05, 3.63) is 17.7 Å². The average Bonchev–Trinajstić information content (AvgIpc) is 2.72. The number of benzene rings is 1. The van der Waals surface area contributed by atoms with E-state index in [9.17, 15) is 13.2 Å². The van der Waals surface area contributed by atoms with Gasteiger partial charge in [0, 0.05) is 37.3 Å². The van der Waals surface area contributed by atoms with E-state index in [2.05, 4.69) is 15.6 Å². The van der Waals surface area contributed by atoms with Crippen molar-refractivity contribution in [1.29, 1.82) is 0 Å². The van der Waals surface area contributed by atoms with Crippen LogP contribution in [0.2, 0.25) is 0 Å². The summed E-state index contributed by atoms with van der Waals surface area (Å²) in [5, 5.41) is 6.44. The van der Waals surface area contributed by atoms with Crippen molar-refractivity contribution in [2.75, 3.05) is 34.9 Å². The zero-order chi connectivity index (χ0) is 21.4. The number of aliphatic imine (C=N–C) groups is 1. The van der Waals surface area contributed by atoms with Crippen LogP contribution in [0.4, 0.5) is 13.2 Å². The van der Waals surface area contributed by atoms with Gasteiger partial charge in [0.1, 0.15) is 17.2 Å². The normalized spacial score (nSPS) is 19.5. The van der Waals surface area contributed by atoms with Crippen molar-refractivity contribution in [3.63, 3.8) is 0 Å².